The zero-order chi connectivity index (χ0) is 17.1. The lowest BCUT2D eigenvalue weighted by atomic mass is 10.1. The van der Waals surface area contributed by atoms with Crippen molar-refractivity contribution < 1.29 is 23.1 Å². The lowest BCUT2D eigenvalue weighted by Crippen LogP contribution is -2.32. The smallest absolute Gasteiger partial charge is 0.253 e. The summed E-state index contributed by atoms with van der Waals surface area (Å²) in [6, 6.07) is 2.71. The van der Waals surface area contributed by atoms with Gasteiger partial charge >= 0.3 is 0 Å². The van der Waals surface area contributed by atoms with Gasteiger partial charge in [0.2, 0.25) is 5.56 Å². The van der Waals surface area contributed by atoms with E-state index in [1.54, 1.807) is 0 Å². The number of aryl methyl sites for hydroxylation is 1. The maximum Gasteiger partial charge on any atom is 0.253 e. The number of hydrogen-bond donors (Lipinski definition) is 2. The molecular formula is C15H13F3N2O3. The molecule has 2 aromatic rings. The number of aromatic nitrogens is 1. The predicted molar refractivity (Wildman–Crippen MR) is 75.3 cm³/mol. The fourth-order valence-corrected chi connectivity index (χ4v) is 1.98. The average molecular weight is 326 g/mol. The quantitative estimate of drug-likeness (QED) is 0.831. The lowest BCUT2D eigenvalue weighted by Gasteiger charge is -2.17. The first-order chi connectivity index (χ1) is 10.8. The standard InChI is InChI=1S/C15H13F3N2O3/c1-20-6-8(2-3-13(20)22)15(23)19-12(7-21)9-4-10(16)14(18)11(17)5-9/h2-6,12,21H,7H2,1H3,(H,19,23). The topological polar surface area (TPSA) is 71.3 Å². The number of amides is 1. The zero-order valence-electron chi connectivity index (χ0n) is 12.0. The highest BCUT2D eigenvalue weighted by Gasteiger charge is 2.19. The van der Waals surface area contributed by atoms with E-state index in [4.69, 9.17) is 0 Å². The molecule has 0 saturated carbocycles. The lowest BCUT2D eigenvalue weighted by molar-refractivity contribution is 0.0915. The van der Waals surface area contributed by atoms with Gasteiger partial charge in [0.25, 0.3) is 5.91 Å². The number of halogens is 3. The Kier molecular flexibility index (Phi) is 4.85. The molecule has 0 radical (unpaired) electrons. The van der Waals surface area contributed by atoms with Crippen molar-refractivity contribution in [2.75, 3.05) is 6.61 Å². The van der Waals surface area contributed by atoms with E-state index in [1.807, 2.05) is 0 Å². The minimum atomic E-state index is -1.63. The van der Waals surface area contributed by atoms with Crippen molar-refractivity contribution in [3.63, 3.8) is 0 Å². The minimum Gasteiger partial charge on any atom is -0.394 e. The first-order valence-electron chi connectivity index (χ1n) is 6.56. The number of carbonyl (C=O) groups excluding carboxylic acids is 1. The summed E-state index contributed by atoms with van der Waals surface area (Å²) in [5.41, 5.74) is -0.321. The van der Waals surface area contributed by atoms with Crippen molar-refractivity contribution in [3.8, 4) is 0 Å². The molecule has 0 aliphatic rings. The normalized spacial score (nSPS) is 12.0. The van der Waals surface area contributed by atoms with Gasteiger partial charge < -0.3 is 15.0 Å². The Morgan fingerprint density at radius 1 is 1.26 bits per heavy atom. The maximum absolute atomic E-state index is 13.2. The van der Waals surface area contributed by atoms with Crippen LogP contribution in [0.3, 0.4) is 0 Å². The highest BCUT2D eigenvalue weighted by Crippen LogP contribution is 2.19. The summed E-state index contributed by atoms with van der Waals surface area (Å²) in [5.74, 6) is -5.13. The van der Waals surface area contributed by atoms with Crippen LogP contribution in [0.4, 0.5) is 13.2 Å². The number of pyridine rings is 1. The first kappa shape index (κ1) is 16.8. The Morgan fingerprint density at radius 3 is 2.39 bits per heavy atom. The molecule has 122 valence electrons. The van der Waals surface area contributed by atoms with E-state index in [-0.39, 0.29) is 16.7 Å². The van der Waals surface area contributed by atoms with E-state index in [1.165, 1.54) is 29.9 Å². The van der Waals surface area contributed by atoms with Gasteiger partial charge in [-0.2, -0.15) is 0 Å². The van der Waals surface area contributed by atoms with E-state index in [9.17, 15) is 27.9 Å². The third-order valence-electron chi connectivity index (χ3n) is 3.24. The van der Waals surface area contributed by atoms with Crippen molar-refractivity contribution in [1.82, 2.24) is 9.88 Å². The van der Waals surface area contributed by atoms with Crippen LogP contribution in [-0.2, 0) is 7.05 Å². The number of benzene rings is 1. The third kappa shape index (κ3) is 3.59. The van der Waals surface area contributed by atoms with Gasteiger partial charge in [0.1, 0.15) is 0 Å². The molecule has 1 unspecified atom stereocenters. The van der Waals surface area contributed by atoms with Crippen LogP contribution < -0.4 is 10.9 Å². The van der Waals surface area contributed by atoms with Crippen molar-refractivity contribution in [2.45, 2.75) is 6.04 Å². The van der Waals surface area contributed by atoms with Gasteiger partial charge in [0.15, 0.2) is 17.5 Å². The van der Waals surface area contributed by atoms with Gasteiger partial charge in [-0.1, -0.05) is 0 Å². The molecule has 1 aromatic carbocycles. The second-order valence-electron chi connectivity index (χ2n) is 4.87. The van der Waals surface area contributed by atoms with Gasteiger partial charge in [-0.3, -0.25) is 9.59 Å². The highest BCUT2D eigenvalue weighted by atomic mass is 19.2. The summed E-state index contributed by atoms with van der Waals surface area (Å²) in [4.78, 5) is 23.4. The van der Waals surface area contributed by atoms with Gasteiger partial charge in [0.05, 0.1) is 18.2 Å². The third-order valence-corrected chi connectivity index (χ3v) is 3.24. The summed E-state index contributed by atoms with van der Waals surface area (Å²) in [5, 5.41) is 11.7. The molecule has 5 nitrogen and oxygen atoms in total. The van der Waals surface area contributed by atoms with E-state index >= 15 is 0 Å². The first-order valence-corrected chi connectivity index (χ1v) is 6.56. The number of rotatable bonds is 4. The average Bonchev–Trinajstić information content (AvgIpc) is 2.52. The molecule has 8 heteroatoms. The molecule has 0 fully saturated rings. The van der Waals surface area contributed by atoms with Gasteiger partial charge in [-0.25, -0.2) is 13.2 Å². The van der Waals surface area contributed by atoms with Crippen LogP contribution in [0.5, 0.6) is 0 Å². The van der Waals surface area contributed by atoms with Crippen LogP contribution in [0.1, 0.15) is 22.0 Å². The van der Waals surface area contributed by atoms with Crippen LogP contribution in [0.25, 0.3) is 0 Å². The molecule has 1 aromatic heterocycles. The van der Waals surface area contributed by atoms with Crippen LogP contribution in [0, 0.1) is 17.5 Å². The summed E-state index contributed by atoms with van der Waals surface area (Å²) in [6.45, 7) is -0.651. The Morgan fingerprint density at radius 2 is 1.87 bits per heavy atom. The van der Waals surface area contributed by atoms with Crippen molar-refractivity contribution >= 4 is 5.91 Å². The number of hydrogen-bond acceptors (Lipinski definition) is 3. The van der Waals surface area contributed by atoms with Crippen molar-refractivity contribution in [3.05, 3.63) is 69.4 Å². The van der Waals surface area contributed by atoms with Crippen LogP contribution in [0.15, 0.2) is 35.3 Å². The van der Waals surface area contributed by atoms with E-state index in [0.717, 1.165) is 0 Å². The number of aliphatic hydroxyl groups is 1. The second-order valence-corrected chi connectivity index (χ2v) is 4.87. The van der Waals surface area contributed by atoms with Gasteiger partial charge in [-0.05, 0) is 23.8 Å². The van der Waals surface area contributed by atoms with Gasteiger partial charge in [-0.15, -0.1) is 0 Å². The predicted octanol–water partition coefficient (Wildman–Crippen LogP) is 1.27. The summed E-state index contributed by atoms with van der Waals surface area (Å²) < 4.78 is 40.6. The largest absolute Gasteiger partial charge is 0.394 e. The Hall–Kier alpha value is -2.61. The molecule has 2 rings (SSSR count). The van der Waals surface area contributed by atoms with Crippen LogP contribution >= 0.6 is 0 Å². The summed E-state index contributed by atoms with van der Waals surface area (Å²) in [6.07, 6.45) is 1.28. The van der Waals surface area contributed by atoms with E-state index in [2.05, 4.69) is 5.32 Å². The molecule has 0 saturated heterocycles. The molecule has 1 amide bonds. The minimum absolute atomic E-state index is 0.119. The fourth-order valence-electron chi connectivity index (χ4n) is 1.98. The molecule has 0 bridgehead atoms. The fraction of sp³-hybridized carbons (Fsp3) is 0.200. The molecule has 1 heterocycles. The number of nitrogens with one attached hydrogen (secondary N) is 1. The number of carbonyl (C=O) groups is 1. The van der Waals surface area contributed by atoms with E-state index in [0.29, 0.717) is 12.1 Å². The summed E-state index contributed by atoms with van der Waals surface area (Å²) in [7, 11) is 1.45. The molecule has 0 aliphatic heterocycles. The molecule has 0 aliphatic carbocycles. The molecule has 2 N–H and O–H groups in total. The Bertz CT molecular complexity index is 782. The van der Waals surface area contributed by atoms with Crippen molar-refractivity contribution in [2.24, 2.45) is 7.05 Å². The maximum atomic E-state index is 13.2. The number of nitrogens with zero attached hydrogens (tertiary/aromatic N) is 1. The SMILES string of the molecule is Cn1cc(C(=O)NC(CO)c2cc(F)c(F)c(F)c2)ccc1=O. The molecule has 1 atom stereocenters. The van der Waals surface area contributed by atoms with Gasteiger partial charge in [0, 0.05) is 19.3 Å². The molecule has 23 heavy (non-hydrogen) atoms. The Balaban J connectivity index is 2.27. The van der Waals surface area contributed by atoms with Crippen LogP contribution in [-0.4, -0.2) is 22.2 Å². The Labute approximate surface area is 129 Å². The molecular weight excluding hydrogens is 313 g/mol. The second kappa shape index (κ2) is 6.66. The molecule has 0 spiro atoms. The number of aliphatic hydroxyl groups excluding tert-OH is 1. The van der Waals surface area contributed by atoms with Crippen molar-refractivity contribution in [1.29, 1.82) is 0 Å². The summed E-state index contributed by atoms with van der Waals surface area (Å²) >= 11 is 0. The highest BCUT2D eigenvalue weighted by molar-refractivity contribution is 5.94. The van der Waals surface area contributed by atoms with E-state index < -0.39 is 36.0 Å². The zero-order valence-corrected chi connectivity index (χ0v) is 12.0. The van der Waals surface area contributed by atoms with Crippen LogP contribution in [0.2, 0.25) is 0 Å². The monoisotopic (exact) mass is 326 g/mol.